The fraction of sp³-hybridized carbons (Fsp3) is 0.500. The molecule has 0 saturated carbocycles. The van der Waals surface area contributed by atoms with Crippen molar-refractivity contribution in [2.45, 2.75) is 19.8 Å². The zero-order valence-corrected chi connectivity index (χ0v) is 6.89. The maximum Gasteiger partial charge on any atom is 0.312 e. The molecule has 0 radical (unpaired) electrons. The number of carboxylic acids is 1. The third kappa shape index (κ3) is 6.62. The number of aliphatic carboxylic acids is 1. The quantitative estimate of drug-likeness (QED) is 0.353. The van der Waals surface area contributed by atoms with E-state index in [-0.39, 0.29) is 0 Å². The zero-order valence-electron chi connectivity index (χ0n) is 6.89. The lowest BCUT2D eigenvalue weighted by molar-refractivity contribution is -0.140. The molecule has 0 aromatic heterocycles. The SMILES string of the molecule is CC#CCCNC(=O)CC(=O)O. The molecule has 66 valence electrons. The van der Waals surface area contributed by atoms with E-state index in [0.29, 0.717) is 13.0 Å². The molecule has 0 saturated heterocycles. The standard InChI is InChI=1S/C8H11NO3/c1-2-3-4-5-9-7(10)6-8(11)12/h4-6H2,1H3,(H,9,10)(H,11,12). The average molecular weight is 169 g/mol. The summed E-state index contributed by atoms with van der Waals surface area (Å²) in [6.07, 6.45) is 0.0847. The molecule has 0 aromatic rings. The Hall–Kier alpha value is -1.50. The summed E-state index contributed by atoms with van der Waals surface area (Å²) in [5.41, 5.74) is 0. The first-order valence-electron chi connectivity index (χ1n) is 3.55. The molecular weight excluding hydrogens is 158 g/mol. The highest BCUT2D eigenvalue weighted by Gasteiger charge is 2.04. The summed E-state index contributed by atoms with van der Waals surface area (Å²) < 4.78 is 0. The number of amides is 1. The van der Waals surface area contributed by atoms with Crippen LogP contribution in [0.2, 0.25) is 0 Å². The molecule has 0 aliphatic carbocycles. The molecule has 0 aliphatic rings. The Morgan fingerprint density at radius 2 is 2.17 bits per heavy atom. The lowest BCUT2D eigenvalue weighted by atomic mass is 10.3. The van der Waals surface area contributed by atoms with Gasteiger partial charge in [0.25, 0.3) is 0 Å². The Kier molecular flexibility index (Phi) is 5.45. The van der Waals surface area contributed by atoms with Crippen molar-refractivity contribution in [1.29, 1.82) is 0 Å². The summed E-state index contributed by atoms with van der Waals surface area (Å²) in [4.78, 5) is 20.7. The monoisotopic (exact) mass is 169 g/mol. The fourth-order valence-electron chi connectivity index (χ4n) is 0.589. The van der Waals surface area contributed by atoms with Crippen molar-refractivity contribution in [3.63, 3.8) is 0 Å². The molecule has 0 aliphatic heterocycles. The van der Waals surface area contributed by atoms with Gasteiger partial charge in [0.1, 0.15) is 6.42 Å². The molecule has 0 unspecified atom stereocenters. The van der Waals surface area contributed by atoms with Crippen molar-refractivity contribution in [1.82, 2.24) is 5.32 Å². The summed E-state index contributed by atoms with van der Waals surface area (Å²) in [5, 5.41) is 10.6. The minimum Gasteiger partial charge on any atom is -0.481 e. The highest BCUT2D eigenvalue weighted by molar-refractivity contribution is 5.93. The van der Waals surface area contributed by atoms with E-state index in [1.165, 1.54) is 0 Å². The second kappa shape index (κ2) is 6.23. The maximum absolute atomic E-state index is 10.7. The second-order valence-corrected chi connectivity index (χ2v) is 2.10. The predicted octanol–water partition coefficient (Wildman–Crippen LogP) is -0.00930. The third-order valence-corrected chi connectivity index (χ3v) is 1.06. The minimum absolute atomic E-state index is 0.410. The fourth-order valence-corrected chi connectivity index (χ4v) is 0.589. The van der Waals surface area contributed by atoms with Gasteiger partial charge in [-0.2, -0.15) is 0 Å². The average Bonchev–Trinajstić information content (AvgIpc) is 1.97. The van der Waals surface area contributed by atoms with Crippen LogP contribution in [0.25, 0.3) is 0 Å². The molecular formula is C8H11NO3. The number of carbonyl (C=O) groups is 2. The molecule has 0 aromatic carbocycles. The minimum atomic E-state index is -1.12. The summed E-state index contributed by atoms with van der Waals surface area (Å²) >= 11 is 0. The first-order valence-corrected chi connectivity index (χ1v) is 3.55. The Morgan fingerprint density at radius 3 is 2.67 bits per heavy atom. The van der Waals surface area contributed by atoms with E-state index in [4.69, 9.17) is 5.11 Å². The molecule has 0 rings (SSSR count). The number of hydrogen-bond acceptors (Lipinski definition) is 2. The first kappa shape index (κ1) is 10.5. The van der Waals surface area contributed by atoms with Crippen LogP contribution in [0.5, 0.6) is 0 Å². The normalized spacial score (nSPS) is 8.08. The van der Waals surface area contributed by atoms with Crippen LogP contribution in [0.1, 0.15) is 19.8 Å². The Balaban J connectivity index is 3.42. The van der Waals surface area contributed by atoms with Crippen LogP contribution in [0, 0.1) is 11.8 Å². The molecule has 0 heterocycles. The van der Waals surface area contributed by atoms with E-state index >= 15 is 0 Å². The summed E-state index contributed by atoms with van der Waals surface area (Å²) in [6.45, 7) is 2.12. The number of nitrogens with one attached hydrogen (secondary N) is 1. The summed E-state index contributed by atoms with van der Waals surface area (Å²) in [7, 11) is 0. The Labute approximate surface area is 71.0 Å². The van der Waals surface area contributed by atoms with Gasteiger partial charge in [-0.1, -0.05) is 0 Å². The number of carboxylic acid groups (broad SMARTS) is 1. The van der Waals surface area contributed by atoms with Gasteiger partial charge >= 0.3 is 5.97 Å². The number of hydrogen-bond donors (Lipinski definition) is 2. The van der Waals surface area contributed by atoms with Crippen LogP contribution >= 0.6 is 0 Å². The van der Waals surface area contributed by atoms with Gasteiger partial charge in [-0.3, -0.25) is 9.59 Å². The summed E-state index contributed by atoms with van der Waals surface area (Å²) in [6, 6.07) is 0. The van der Waals surface area contributed by atoms with Crippen molar-refractivity contribution >= 4 is 11.9 Å². The zero-order chi connectivity index (χ0) is 9.40. The van der Waals surface area contributed by atoms with Gasteiger partial charge in [0.15, 0.2) is 0 Å². The topological polar surface area (TPSA) is 66.4 Å². The van der Waals surface area contributed by atoms with Crippen LogP contribution < -0.4 is 5.32 Å². The number of rotatable bonds is 4. The van der Waals surface area contributed by atoms with Gasteiger partial charge in [-0.25, -0.2) is 0 Å². The highest BCUT2D eigenvalue weighted by atomic mass is 16.4. The van der Waals surface area contributed by atoms with Crippen molar-refractivity contribution < 1.29 is 14.7 Å². The van der Waals surface area contributed by atoms with Crippen LogP contribution in [-0.4, -0.2) is 23.5 Å². The van der Waals surface area contributed by atoms with Gasteiger partial charge in [-0.15, -0.1) is 11.8 Å². The van der Waals surface area contributed by atoms with Crippen LogP contribution in [0.4, 0.5) is 0 Å². The van der Waals surface area contributed by atoms with Gasteiger partial charge in [0.2, 0.25) is 5.91 Å². The van der Waals surface area contributed by atoms with E-state index in [1.807, 2.05) is 0 Å². The molecule has 0 spiro atoms. The van der Waals surface area contributed by atoms with Crippen molar-refractivity contribution in [2.75, 3.05) is 6.54 Å². The first-order chi connectivity index (χ1) is 5.66. The van der Waals surface area contributed by atoms with Crippen molar-refractivity contribution in [3.05, 3.63) is 0 Å². The predicted molar refractivity (Wildman–Crippen MR) is 43.3 cm³/mol. The second-order valence-electron chi connectivity index (χ2n) is 2.10. The van der Waals surface area contributed by atoms with E-state index in [9.17, 15) is 9.59 Å². The van der Waals surface area contributed by atoms with E-state index in [2.05, 4.69) is 17.2 Å². The summed E-state index contributed by atoms with van der Waals surface area (Å²) in [5.74, 6) is 3.82. The van der Waals surface area contributed by atoms with E-state index in [0.717, 1.165) is 0 Å². The smallest absolute Gasteiger partial charge is 0.312 e. The molecule has 0 fully saturated rings. The van der Waals surface area contributed by atoms with E-state index < -0.39 is 18.3 Å². The van der Waals surface area contributed by atoms with Crippen LogP contribution in [-0.2, 0) is 9.59 Å². The largest absolute Gasteiger partial charge is 0.481 e. The lowest BCUT2D eigenvalue weighted by Gasteiger charge is -1.98. The van der Waals surface area contributed by atoms with Crippen LogP contribution in [0.3, 0.4) is 0 Å². The van der Waals surface area contributed by atoms with E-state index in [1.54, 1.807) is 6.92 Å². The molecule has 2 N–H and O–H groups in total. The van der Waals surface area contributed by atoms with Crippen molar-refractivity contribution in [3.8, 4) is 11.8 Å². The van der Waals surface area contributed by atoms with Gasteiger partial charge in [-0.05, 0) is 6.92 Å². The molecule has 0 atom stereocenters. The highest BCUT2D eigenvalue weighted by Crippen LogP contribution is 1.79. The van der Waals surface area contributed by atoms with Crippen molar-refractivity contribution in [2.24, 2.45) is 0 Å². The van der Waals surface area contributed by atoms with Gasteiger partial charge in [0, 0.05) is 13.0 Å². The molecule has 4 heteroatoms. The third-order valence-electron chi connectivity index (χ3n) is 1.06. The molecule has 1 amide bonds. The Morgan fingerprint density at radius 1 is 1.50 bits per heavy atom. The van der Waals surface area contributed by atoms with Gasteiger partial charge < -0.3 is 10.4 Å². The molecule has 0 bridgehead atoms. The van der Waals surface area contributed by atoms with Crippen LogP contribution in [0.15, 0.2) is 0 Å². The maximum atomic E-state index is 10.7. The van der Waals surface area contributed by atoms with Gasteiger partial charge in [0.05, 0.1) is 0 Å². The number of carbonyl (C=O) groups excluding carboxylic acids is 1. The Bertz CT molecular complexity index is 224. The lowest BCUT2D eigenvalue weighted by Crippen LogP contribution is -2.26. The molecule has 4 nitrogen and oxygen atoms in total. The molecule has 12 heavy (non-hydrogen) atoms.